The molecule has 1 N–H and O–H groups in total. The van der Waals surface area contributed by atoms with E-state index < -0.39 is 7.49 Å². The summed E-state index contributed by atoms with van der Waals surface area (Å²) in [5.41, 5.74) is 0. The minimum Gasteiger partial charge on any atom is -0.250 e. The van der Waals surface area contributed by atoms with Crippen molar-refractivity contribution in [2.24, 2.45) is 0 Å². The first-order valence-corrected chi connectivity index (χ1v) is 7.53. The quantitative estimate of drug-likeness (QED) is 0.582. The van der Waals surface area contributed by atoms with Crippen LogP contribution in [-0.2, 0) is 0 Å². The molecule has 3 unspecified atom stereocenters. The van der Waals surface area contributed by atoms with E-state index in [9.17, 15) is 4.89 Å². The molecule has 1 rings (SSSR count). The van der Waals surface area contributed by atoms with Gasteiger partial charge in [0, 0.05) is 6.42 Å². The Morgan fingerprint density at radius 1 is 1.50 bits per heavy atom. The lowest BCUT2D eigenvalue weighted by atomic mass is 10.4. The maximum atomic E-state index is 10.2. The summed E-state index contributed by atoms with van der Waals surface area (Å²) in [6.45, 7) is 2.13. The van der Waals surface area contributed by atoms with Crippen LogP contribution in [0.25, 0.3) is 0 Å². The molecule has 0 spiro atoms. The molecular weight excluding hydrogens is 214 g/mol. The molecule has 0 aromatic carbocycles. The van der Waals surface area contributed by atoms with Gasteiger partial charge in [0.05, 0.1) is 17.7 Å². The third-order valence-electron chi connectivity index (χ3n) is 2.45. The molecule has 1 fully saturated rings. The molecule has 0 saturated carbocycles. The first-order valence-electron chi connectivity index (χ1n) is 4.48. The van der Waals surface area contributed by atoms with Crippen molar-refractivity contribution >= 4 is 30.7 Å². The third-order valence-corrected chi connectivity index (χ3v) is 8.02. The molecule has 72 valence electrons. The molecule has 4 heteroatoms. The van der Waals surface area contributed by atoms with Crippen molar-refractivity contribution < 1.29 is 4.89 Å². The highest BCUT2D eigenvalue weighted by molar-refractivity contribution is 7.73. The van der Waals surface area contributed by atoms with Gasteiger partial charge in [0.25, 0.3) is 0 Å². The van der Waals surface area contributed by atoms with Gasteiger partial charge in [-0.3, -0.25) is 4.89 Å². The second-order valence-electron chi connectivity index (χ2n) is 3.47. The summed E-state index contributed by atoms with van der Waals surface area (Å²) in [4.78, 5) is 10.2. The molecule has 1 nitrogen and oxygen atoms in total. The van der Waals surface area contributed by atoms with Crippen LogP contribution in [0.4, 0.5) is 0 Å². The van der Waals surface area contributed by atoms with Crippen molar-refractivity contribution in [3.8, 4) is 0 Å². The Morgan fingerprint density at radius 3 is 2.58 bits per heavy atom. The monoisotopic (exact) mass is 229 g/mol. The third kappa shape index (κ3) is 2.26. The van der Waals surface area contributed by atoms with E-state index in [1.165, 1.54) is 0 Å². The molecule has 1 aliphatic rings. The van der Waals surface area contributed by atoms with Gasteiger partial charge in [-0.1, -0.05) is 24.9 Å². The van der Waals surface area contributed by atoms with Gasteiger partial charge in [-0.05, 0) is 6.42 Å². The Labute approximate surface area is 84.9 Å². The standard InChI is InChI=1S/C8H16Cl2OP/c1-2-3-5-12(11)6-4-7(9)8(12)10/h7-8,11H,2-6H2,1H3/q+1. The van der Waals surface area contributed by atoms with E-state index in [4.69, 9.17) is 23.2 Å². The van der Waals surface area contributed by atoms with Crippen molar-refractivity contribution in [1.82, 2.24) is 0 Å². The molecule has 0 aliphatic carbocycles. The van der Waals surface area contributed by atoms with Crippen LogP contribution in [0.2, 0.25) is 0 Å². The summed E-state index contributed by atoms with van der Waals surface area (Å²) < 4.78 is 0. The number of unbranched alkanes of at least 4 members (excludes halogenated alkanes) is 1. The maximum Gasteiger partial charge on any atom is 0.184 e. The van der Waals surface area contributed by atoms with Gasteiger partial charge in [0.1, 0.15) is 0 Å². The minimum absolute atomic E-state index is 0.00172. The summed E-state index contributed by atoms with van der Waals surface area (Å²) in [5, 5.41) is -0.146. The fourth-order valence-corrected chi connectivity index (χ4v) is 6.24. The lowest BCUT2D eigenvalue weighted by Crippen LogP contribution is -2.11. The highest BCUT2D eigenvalue weighted by Crippen LogP contribution is 2.68. The van der Waals surface area contributed by atoms with Crippen molar-refractivity contribution in [3.05, 3.63) is 0 Å². The molecule has 0 radical (unpaired) electrons. The number of hydrogen-bond acceptors (Lipinski definition) is 1. The normalized spacial score (nSPS) is 42.0. The number of hydrogen-bond donors (Lipinski definition) is 1. The molecular formula is C8H16Cl2OP+. The Kier molecular flexibility index (Phi) is 4.11. The summed E-state index contributed by atoms with van der Waals surface area (Å²) in [7, 11) is -1.85. The first-order chi connectivity index (χ1) is 5.60. The zero-order chi connectivity index (χ0) is 9.19. The van der Waals surface area contributed by atoms with Crippen molar-refractivity contribution in [2.75, 3.05) is 12.3 Å². The fourth-order valence-electron chi connectivity index (χ4n) is 1.58. The zero-order valence-corrected chi connectivity index (χ0v) is 9.75. The number of rotatable bonds is 3. The van der Waals surface area contributed by atoms with Crippen LogP contribution < -0.4 is 0 Å². The first kappa shape index (κ1) is 11.0. The lowest BCUT2D eigenvalue weighted by molar-refractivity contribution is 0.596. The molecule has 3 atom stereocenters. The summed E-state index contributed by atoms with van der Waals surface area (Å²) in [6, 6.07) is 0. The Hall–Kier alpha value is 0.970. The van der Waals surface area contributed by atoms with Gasteiger partial charge in [0.15, 0.2) is 12.6 Å². The van der Waals surface area contributed by atoms with E-state index in [1.807, 2.05) is 0 Å². The minimum atomic E-state index is -1.85. The molecule has 0 aromatic rings. The number of halogens is 2. The fraction of sp³-hybridized carbons (Fsp3) is 1.00. The van der Waals surface area contributed by atoms with Crippen LogP contribution >= 0.6 is 30.7 Å². The Balaban J connectivity index is 2.47. The van der Waals surface area contributed by atoms with Crippen LogP contribution in [0.15, 0.2) is 0 Å². The summed E-state index contributed by atoms with van der Waals surface area (Å²) in [6.07, 6.45) is 4.87. The van der Waals surface area contributed by atoms with Gasteiger partial charge >= 0.3 is 0 Å². The molecule has 1 saturated heterocycles. The van der Waals surface area contributed by atoms with Gasteiger partial charge in [-0.2, -0.15) is 0 Å². The second-order valence-corrected chi connectivity index (χ2v) is 8.23. The largest absolute Gasteiger partial charge is 0.250 e. The van der Waals surface area contributed by atoms with Gasteiger partial charge < -0.3 is 0 Å². The maximum absolute atomic E-state index is 10.2. The van der Waals surface area contributed by atoms with E-state index in [0.29, 0.717) is 0 Å². The van der Waals surface area contributed by atoms with Crippen LogP contribution in [-0.4, -0.2) is 27.7 Å². The average Bonchev–Trinajstić information content (AvgIpc) is 2.31. The van der Waals surface area contributed by atoms with Gasteiger partial charge in [0.2, 0.25) is 0 Å². The number of alkyl halides is 2. The lowest BCUT2D eigenvalue weighted by Gasteiger charge is -2.17. The predicted octanol–water partition coefficient (Wildman–Crippen LogP) is 3.29. The summed E-state index contributed by atoms with van der Waals surface area (Å²) >= 11 is 12.0. The molecule has 0 bridgehead atoms. The highest BCUT2D eigenvalue weighted by Gasteiger charge is 2.52. The Morgan fingerprint density at radius 2 is 2.17 bits per heavy atom. The van der Waals surface area contributed by atoms with Crippen LogP contribution in [0.5, 0.6) is 0 Å². The van der Waals surface area contributed by atoms with Crippen molar-refractivity contribution in [1.29, 1.82) is 0 Å². The van der Waals surface area contributed by atoms with E-state index in [-0.39, 0.29) is 10.5 Å². The van der Waals surface area contributed by atoms with Gasteiger partial charge in [-0.15, -0.1) is 11.6 Å². The summed E-state index contributed by atoms with van der Waals surface area (Å²) in [5.74, 6) is 0. The average molecular weight is 230 g/mol. The molecule has 1 heterocycles. The van der Waals surface area contributed by atoms with Crippen LogP contribution in [0, 0.1) is 0 Å². The zero-order valence-electron chi connectivity index (χ0n) is 7.34. The SMILES string of the molecule is CCCC[P+]1(O)CCC(Cl)C1Cl. The second kappa shape index (κ2) is 4.46. The highest BCUT2D eigenvalue weighted by atomic mass is 35.5. The Bertz CT molecular complexity index is 156. The van der Waals surface area contributed by atoms with E-state index >= 15 is 0 Å². The van der Waals surface area contributed by atoms with Crippen LogP contribution in [0.1, 0.15) is 26.2 Å². The van der Waals surface area contributed by atoms with Crippen molar-refractivity contribution in [2.45, 2.75) is 36.7 Å². The predicted molar refractivity (Wildman–Crippen MR) is 57.7 cm³/mol. The van der Waals surface area contributed by atoms with Crippen molar-refractivity contribution in [3.63, 3.8) is 0 Å². The molecule has 0 amide bonds. The molecule has 1 aliphatic heterocycles. The van der Waals surface area contributed by atoms with Crippen LogP contribution in [0.3, 0.4) is 0 Å². The molecule has 0 aromatic heterocycles. The van der Waals surface area contributed by atoms with Gasteiger partial charge in [-0.25, -0.2) is 0 Å². The smallest absolute Gasteiger partial charge is 0.184 e. The van der Waals surface area contributed by atoms with E-state index in [1.54, 1.807) is 0 Å². The van der Waals surface area contributed by atoms with E-state index in [0.717, 1.165) is 31.6 Å². The topological polar surface area (TPSA) is 20.2 Å². The van der Waals surface area contributed by atoms with E-state index in [2.05, 4.69) is 6.92 Å². The molecule has 12 heavy (non-hydrogen) atoms.